The van der Waals surface area contributed by atoms with Crippen LogP contribution in [0.2, 0.25) is 6.55 Å². The Kier molecular flexibility index (Phi) is 6.29. The summed E-state index contributed by atoms with van der Waals surface area (Å²) in [5, 5.41) is 0. The quantitative estimate of drug-likeness (QED) is 0.400. The van der Waals surface area contributed by atoms with Crippen molar-refractivity contribution in [2.24, 2.45) is 0 Å². The molecule has 0 aliphatic rings. The molecule has 56 valence electrons. The summed E-state index contributed by atoms with van der Waals surface area (Å²) in [5.74, 6) is 0. The minimum absolute atomic E-state index is 0.183. The van der Waals surface area contributed by atoms with E-state index in [2.05, 4.69) is 6.55 Å². The van der Waals surface area contributed by atoms with Gasteiger partial charge in [-0.15, -0.1) is 0 Å². The minimum atomic E-state index is -0.307. The van der Waals surface area contributed by atoms with Crippen LogP contribution in [0.4, 0.5) is 0 Å². The van der Waals surface area contributed by atoms with E-state index < -0.39 is 0 Å². The second-order valence-electron chi connectivity index (χ2n) is 1.56. The number of ether oxygens (including phenoxy) is 2. The van der Waals surface area contributed by atoms with Crippen LogP contribution in [0.15, 0.2) is 0 Å². The average molecular weight is 150 g/mol. The molecule has 0 aliphatic carbocycles. The molecule has 0 amide bonds. The molecule has 0 heterocycles. The van der Waals surface area contributed by atoms with Gasteiger partial charge in [0.1, 0.15) is 0 Å². The van der Waals surface area contributed by atoms with Gasteiger partial charge in [-0.25, -0.2) is 0 Å². The van der Waals surface area contributed by atoms with Crippen LogP contribution in [0.1, 0.15) is 0 Å². The highest BCUT2D eigenvalue weighted by Crippen LogP contribution is 1.89. The molecular weight excluding hydrogens is 136 g/mol. The van der Waals surface area contributed by atoms with E-state index >= 15 is 0 Å². The molecule has 0 saturated heterocycles. The van der Waals surface area contributed by atoms with Gasteiger partial charge in [0.15, 0.2) is 16.1 Å². The molecule has 0 rings (SSSR count). The standard InChI is InChI=1S/C5H14O3Si/c1-6-5(7-2)4-8-9-3/h5H,4,9H2,1-3H3. The van der Waals surface area contributed by atoms with Gasteiger partial charge in [-0.05, 0) is 0 Å². The van der Waals surface area contributed by atoms with E-state index in [0.29, 0.717) is 6.61 Å². The lowest BCUT2D eigenvalue weighted by atomic mass is 10.7. The average Bonchev–Trinajstić information content (AvgIpc) is 1.91. The number of hydrogen-bond donors (Lipinski definition) is 0. The van der Waals surface area contributed by atoms with Gasteiger partial charge in [0.25, 0.3) is 0 Å². The van der Waals surface area contributed by atoms with Crippen molar-refractivity contribution in [3.05, 3.63) is 0 Å². The fourth-order valence-electron chi connectivity index (χ4n) is 0.446. The maximum absolute atomic E-state index is 5.17. The predicted molar refractivity (Wildman–Crippen MR) is 38.2 cm³/mol. The van der Waals surface area contributed by atoms with Crippen molar-refractivity contribution in [1.82, 2.24) is 0 Å². The van der Waals surface area contributed by atoms with Gasteiger partial charge in [0.05, 0.1) is 6.61 Å². The highest BCUT2D eigenvalue weighted by molar-refractivity contribution is 6.24. The lowest BCUT2D eigenvalue weighted by Gasteiger charge is -2.12. The smallest absolute Gasteiger partial charge is 0.178 e. The summed E-state index contributed by atoms with van der Waals surface area (Å²) in [6.45, 7) is 2.64. The molecule has 0 radical (unpaired) electrons. The van der Waals surface area contributed by atoms with Crippen LogP contribution in [0.25, 0.3) is 0 Å². The van der Waals surface area contributed by atoms with Gasteiger partial charge in [-0.1, -0.05) is 6.55 Å². The Morgan fingerprint density at radius 3 is 2.22 bits per heavy atom. The molecule has 9 heavy (non-hydrogen) atoms. The maximum Gasteiger partial charge on any atom is 0.178 e. The Morgan fingerprint density at radius 2 is 1.89 bits per heavy atom. The molecular formula is C5H14O3Si. The Labute approximate surface area is 58.2 Å². The van der Waals surface area contributed by atoms with Crippen molar-refractivity contribution < 1.29 is 13.9 Å². The third-order valence-corrected chi connectivity index (χ3v) is 1.63. The van der Waals surface area contributed by atoms with Crippen LogP contribution >= 0.6 is 0 Å². The summed E-state index contributed by atoms with van der Waals surface area (Å²) in [5.41, 5.74) is 0. The summed E-state index contributed by atoms with van der Waals surface area (Å²) in [7, 11) is 2.90. The second-order valence-corrected chi connectivity index (χ2v) is 2.55. The number of methoxy groups -OCH3 is 2. The van der Waals surface area contributed by atoms with E-state index in [1.807, 2.05) is 0 Å². The molecule has 0 bridgehead atoms. The molecule has 0 fully saturated rings. The van der Waals surface area contributed by atoms with Crippen LogP contribution in [-0.4, -0.2) is 36.9 Å². The van der Waals surface area contributed by atoms with Crippen molar-refractivity contribution in [3.8, 4) is 0 Å². The third-order valence-electron chi connectivity index (χ3n) is 0.984. The number of rotatable bonds is 5. The molecule has 0 spiro atoms. The Balaban J connectivity index is 3.09. The molecule has 0 aromatic heterocycles. The molecule has 0 aromatic carbocycles. The first-order valence-corrected chi connectivity index (χ1v) is 4.97. The van der Waals surface area contributed by atoms with Crippen LogP contribution < -0.4 is 0 Å². The SMILES string of the molecule is COC(CO[SiH2]C)OC. The van der Waals surface area contributed by atoms with E-state index in [-0.39, 0.29) is 16.1 Å². The first-order valence-electron chi connectivity index (χ1n) is 2.98. The van der Waals surface area contributed by atoms with Crippen molar-refractivity contribution in [1.29, 1.82) is 0 Å². The summed E-state index contributed by atoms with van der Waals surface area (Å²) in [6, 6.07) is 0. The predicted octanol–water partition coefficient (Wildman–Crippen LogP) is -0.246. The molecule has 0 atom stereocenters. The highest BCUT2D eigenvalue weighted by Gasteiger charge is 2.01. The third kappa shape index (κ3) is 4.59. The fraction of sp³-hybridized carbons (Fsp3) is 1.00. The lowest BCUT2D eigenvalue weighted by Crippen LogP contribution is -2.20. The normalized spacial score (nSPS) is 12.0. The second kappa shape index (κ2) is 6.22. The summed E-state index contributed by atoms with van der Waals surface area (Å²) < 4.78 is 14.9. The van der Waals surface area contributed by atoms with Gasteiger partial charge >= 0.3 is 0 Å². The Morgan fingerprint density at radius 1 is 1.33 bits per heavy atom. The van der Waals surface area contributed by atoms with E-state index in [4.69, 9.17) is 13.9 Å². The van der Waals surface area contributed by atoms with Crippen LogP contribution in [0.5, 0.6) is 0 Å². The van der Waals surface area contributed by atoms with E-state index in [1.54, 1.807) is 14.2 Å². The zero-order valence-electron chi connectivity index (χ0n) is 6.22. The largest absolute Gasteiger partial charge is 0.419 e. The summed E-state index contributed by atoms with van der Waals surface area (Å²) >= 11 is 0. The molecule has 0 N–H and O–H groups in total. The van der Waals surface area contributed by atoms with Gasteiger partial charge in [0.2, 0.25) is 0 Å². The van der Waals surface area contributed by atoms with E-state index in [1.165, 1.54) is 0 Å². The van der Waals surface area contributed by atoms with Gasteiger partial charge in [0, 0.05) is 14.2 Å². The van der Waals surface area contributed by atoms with Crippen LogP contribution in [0.3, 0.4) is 0 Å². The molecule has 0 saturated carbocycles. The summed E-state index contributed by atoms with van der Waals surface area (Å²) in [4.78, 5) is 0. The number of hydrogen-bond acceptors (Lipinski definition) is 3. The molecule has 0 unspecified atom stereocenters. The fourth-order valence-corrected chi connectivity index (χ4v) is 0.875. The topological polar surface area (TPSA) is 27.7 Å². The van der Waals surface area contributed by atoms with Gasteiger partial charge in [-0.3, -0.25) is 0 Å². The Hall–Kier alpha value is 0.0969. The first kappa shape index (κ1) is 9.10. The lowest BCUT2D eigenvalue weighted by molar-refractivity contribution is -0.121. The van der Waals surface area contributed by atoms with Gasteiger partial charge < -0.3 is 13.9 Å². The van der Waals surface area contributed by atoms with Crippen molar-refractivity contribution in [2.75, 3.05) is 20.8 Å². The van der Waals surface area contributed by atoms with Crippen molar-refractivity contribution >= 4 is 9.76 Å². The monoisotopic (exact) mass is 150 g/mol. The van der Waals surface area contributed by atoms with Crippen molar-refractivity contribution in [2.45, 2.75) is 12.8 Å². The maximum atomic E-state index is 5.17. The summed E-state index contributed by atoms with van der Waals surface area (Å²) in [6.07, 6.45) is -0.183. The van der Waals surface area contributed by atoms with E-state index in [0.717, 1.165) is 0 Å². The zero-order chi connectivity index (χ0) is 7.11. The molecule has 4 heteroatoms. The molecule has 0 aromatic rings. The molecule has 0 aliphatic heterocycles. The minimum Gasteiger partial charge on any atom is -0.419 e. The molecule has 3 nitrogen and oxygen atoms in total. The van der Waals surface area contributed by atoms with Crippen LogP contribution in [0, 0.1) is 0 Å². The van der Waals surface area contributed by atoms with Crippen LogP contribution in [-0.2, 0) is 13.9 Å². The zero-order valence-corrected chi connectivity index (χ0v) is 7.63. The Bertz CT molecular complexity index is 56.2. The van der Waals surface area contributed by atoms with Crippen molar-refractivity contribution in [3.63, 3.8) is 0 Å². The van der Waals surface area contributed by atoms with Gasteiger partial charge in [-0.2, -0.15) is 0 Å². The first-order chi connectivity index (χ1) is 4.35. The van der Waals surface area contributed by atoms with E-state index in [9.17, 15) is 0 Å². The highest BCUT2D eigenvalue weighted by atomic mass is 28.2.